The Kier molecular flexibility index (Phi) is 5.23. The highest BCUT2D eigenvalue weighted by molar-refractivity contribution is 7.80. The van der Waals surface area contributed by atoms with Crippen LogP contribution in [0.4, 0.5) is 13.2 Å². The third-order valence-electron chi connectivity index (χ3n) is 3.86. The lowest BCUT2D eigenvalue weighted by Gasteiger charge is -2.11. The molecule has 28 heavy (non-hydrogen) atoms. The van der Waals surface area contributed by atoms with Crippen LogP contribution in [0.3, 0.4) is 0 Å². The number of carbonyl (C=O) groups excluding carboxylic acids is 2. The zero-order valence-electron chi connectivity index (χ0n) is 14.4. The largest absolute Gasteiger partial charge is 0.468 e. The van der Waals surface area contributed by atoms with E-state index in [1.165, 1.54) is 37.5 Å². The van der Waals surface area contributed by atoms with Crippen LogP contribution in [-0.4, -0.2) is 35.5 Å². The normalized spacial score (nSPS) is 15.9. The van der Waals surface area contributed by atoms with E-state index in [4.69, 9.17) is 16.6 Å². The van der Waals surface area contributed by atoms with Crippen LogP contribution in [0.15, 0.2) is 46.5 Å². The van der Waals surface area contributed by atoms with Gasteiger partial charge < -0.3 is 14.5 Å². The second-order valence-corrected chi connectivity index (χ2v) is 6.12. The summed E-state index contributed by atoms with van der Waals surface area (Å²) in [6.45, 7) is -0.341. The van der Waals surface area contributed by atoms with Crippen LogP contribution >= 0.6 is 12.2 Å². The van der Waals surface area contributed by atoms with Gasteiger partial charge in [-0.2, -0.15) is 13.2 Å². The molecule has 1 saturated heterocycles. The maximum Gasteiger partial charge on any atom is 0.416 e. The van der Waals surface area contributed by atoms with Gasteiger partial charge in [0, 0.05) is 11.6 Å². The fourth-order valence-electron chi connectivity index (χ4n) is 2.49. The van der Waals surface area contributed by atoms with Crippen LogP contribution in [0.5, 0.6) is 0 Å². The summed E-state index contributed by atoms with van der Waals surface area (Å²) in [6.07, 6.45) is -3.12. The molecule has 146 valence electrons. The Morgan fingerprint density at radius 2 is 2.07 bits per heavy atom. The highest BCUT2D eigenvalue weighted by Crippen LogP contribution is 2.33. The number of esters is 1. The third kappa shape index (κ3) is 4.06. The molecule has 1 N–H and O–H groups in total. The molecule has 3 rings (SSSR count). The van der Waals surface area contributed by atoms with Crippen LogP contribution in [0.1, 0.15) is 11.3 Å². The number of benzene rings is 1. The number of nitrogens with one attached hydrogen (secondary N) is 1. The van der Waals surface area contributed by atoms with Gasteiger partial charge in [-0.3, -0.25) is 14.5 Å². The van der Waals surface area contributed by atoms with Gasteiger partial charge in [0.25, 0.3) is 5.91 Å². The summed E-state index contributed by atoms with van der Waals surface area (Å²) in [7, 11) is 1.19. The van der Waals surface area contributed by atoms with E-state index in [0.717, 1.165) is 17.0 Å². The molecule has 1 aromatic carbocycles. The SMILES string of the molecule is COC(=O)CN1C(=O)/C(=C/c2ccc(-c3cccc(C(F)(F)F)c3)o2)NC1=S. The lowest BCUT2D eigenvalue weighted by Crippen LogP contribution is -2.35. The number of halogens is 3. The van der Waals surface area contributed by atoms with Crippen LogP contribution < -0.4 is 5.32 Å². The Balaban J connectivity index is 1.82. The van der Waals surface area contributed by atoms with E-state index in [-0.39, 0.29) is 34.4 Å². The Morgan fingerprint density at radius 3 is 2.75 bits per heavy atom. The summed E-state index contributed by atoms with van der Waals surface area (Å²) < 4.78 is 48.6. The van der Waals surface area contributed by atoms with Gasteiger partial charge in [-0.15, -0.1) is 0 Å². The summed E-state index contributed by atoms with van der Waals surface area (Å²) in [5.74, 6) is -0.751. The lowest BCUT2D eigenvalue weighted by molar-refractivity contribution is -0.143. The highest BCUT2D eigenvalue weighted by Gasteiger charge is 2.33. The minimum Gasteiger partial charge on any atom is -0.468 e. The van der Waals surface area contributed by atoms with Crippen molar-refractivity contribution in [3.63, 3.8) is 0 Å². The third-order valence-corrected chi connectivity index (χ3v) is 4.19. The number of amides is 1. The molecule has 1 aromatic heterocycles. The first-order valence-electron chi connectivity index (χ1n) is 7.88. The molecule has 0 saturated carbocycles. The first kappa shape index (κ1) is 19.6. The van der Waals surface area contributed by atoms with Gasteiger partial charge in [0.05, 0.1) is 12.7 Å². The molecule has 0 aliphatic carbocycles. The summed E-state index contributed by atoms with van der Waals surface area (Å²) in [5.41, 5.74) is -0.482. The fraction of sp³-hybridized carbons (Fsp3) is 0.167. The number of hydrogen-bond acceptors (Lipinski definition) is 5. The van der Waals surface area contributed by atoms with Gasteiger partial charge in [-0.05, 0) is 36.5 Å². The van der Waals surface area contributed by atoms with Gasteiger partial charge in [-0.25, -0.2) is 0 Å². The molecule has 1 fully saturated rings. The molecule has 1 aliphatic heterocycles. The quantitative estimate of drug-likeness (QED) is 0.474. The Hall–Kier alpha value is -3.14. The van der Waals surface area contributed by atoms with Gasteiger partial charge >= 0.3 is 12.1 Å². The van der Waals surface area contributed by atoms with E-state index in [2.05, 4.69) is 10.1 Å². The minimum absolute atomic E-state index is 0.0336. The Morgan fingerprint density at radius 1 is 1.32 bits per heavy atom. The Labute approximate surface area is 162 Å². The number of carbonyl (C=O) groups is 2. The molecule has 6 nitrogen and oxygen atoms in total. The number of ether oxygens (including phenoxy) is 1. The lowest BCUT2D eigenvalue weighted by atomic mass is 10.1. The van der Waals surface area contributed by atoms with Crippen molar-refractivity contribution in [1.29, 1.82) is 0 Å². The summed E-state index contributed by atoms with van der Waals surface area (Å²) in [6, 6.07) is 7.70. The average molecular weight is 410 g/mol. The number of thiocarbonyl (C=S) groups is 1. The number of furan rings is 1. The van der Waals surface area contributed by atoms with Crippen molar-refractivity contribution >= 4 is 35.3 Å². The summed E-state index contributed by atoms with van der Waals surface area (Å²) in [4.78, 5) is 24.7. The van der Waals surface area contributed by atoms with E-state index >= 15 is 0 Å². The van der Waals surface area contributed by atoms with Crippen molar-refractivity contribution in [2.24, 2.45) is 0 Å². The van der Waals surface area contributed by atoms with E-state index < -0.39 is 23.6 Å². The molecule has 0 radical (unpaired) electrons. The molecule has 2 heterocycles. The molecule has 10 heteroatoms. The summed E-state index contributed by atoms with van der Waals surface area (Å²) >= 11 is 5.02. The second-order valence-electron chi connectivity index (χ2n) is 5.74. The zero-order chi connectivity index (χ0) is 20.5. The average Bonchev–Trinajstić information content (AvgIpc) is 3.21. The predicted octanol–water partition coefficient (Wildman–Crippen LogP) is 3.20. The van der Waals surface area contributed by atoms with Gasteiger partial charge in [0.1, 0.15) is 23.8 Å². The number of rotatable bonds is 4. The standard InChI is InChI=1S/C18H13F3N2O4S/c1-26-15(24)9-23-16(25)13(22-17(23)28)8-12-5-6-14(27-12)10-3-2-4-11(7-10)18(19,20)21/h2-8H,9H2,1H3,(H,22,28)/b13-8-. The van der Waals surface area contributed by atoms with Crippen molar-refractivity contribution in [2.45, 2.75) is 6.18 Å². The molecule has 2 aromatic rings. The first-order chi connectivity index (χ1) is 13.2. The summed E-state index contributed by atoms with van der Waals surface area (Å²) in [5, 5.41) is 2.70. The van der Waals surface area contributed by atoms with Crippen molar-refractivity contribution in [3.05, 3.63) is 53.4 Å². The molecule has 0 spiro atoms. The van der Waals surface area contributed by atoms with Gasteiger partial charge in [0.2, 0.25) is 0 Å². The highest BCUT2D eigenvalue weighted by atomic mass is 32.1. The number of methoxy groups -OCH3 is 1. The Bertz CT molecular complexity index is 981. The number of hydrogen-bond donors (Lipinski definition) is 1. The van der Waals surface area contributed by atoms with Crippen LogP contribution in [0, 0.1) is 0 Å². The minimum atomic E-state index is -4.47. The van der Waals surface area contributed by atoms with E-state index in [1.54, 1.807) is 0 Å². The molecule has 1 aliphatic rings. The number of nitrogens with zero attached hydrogens (tertiary/aromatic N) is 1. The maximum absolute atomic E-state index is 12.9. The fourth-order valence-corrected chi connectivity index (χ4v) is 2.74. The van der Waals surface area contributed by atoms with E-state index in [0.29, 0.717) is 0 Å². The molecular weight excluding hydrogens is 397 g/mol. The van der Waals surface area contributed by atoms with Crippen LogP contribution in [0.25, 0.3) is 17.4 Å². The molecule has 0 atom stereocenters. The van der Waals surface area contributed by atoms with E-state index in [1.807, 2.05) is 0 Å². The first-order valence-corrected chi connectivity index (χ1v) is 8.28. The monoisotopic (exact) mass is 410 g/mol. The van der Waals surface area contributed by atoms with Gasteiger partial charge in [0.15, 0.2) is 5.11 Å². The topological polar surface area (TPSA) is 71.8 Å². The molecule has 1 amide bonds. The molecule has 0 unspecified atom stereocenters. The van der Waals surface area contributed by atoms with Crippen LogP contribution in [0.2, 0.25) is 0 Å². The second kappa shape index (κ2) is 7.47. The van der Waals surface area contributed by atoms with Crippen molar-refractivity contribution < 1.29 is 31.9 Å². The van der Waals surface area contributed by atoms with Crippen LogP contribution in [-0.2, 0) is 20.5 Å². The predicted molar refractivity (Wildman–Crippen MR) is 96.6 cm³/mol. The number of alkyl halides is 3. The van der Waals surface area contributed by atoms with Crippen molar-refractivity contribution in [2.75, 3.05) is 13.7 Å². The molecule has 0 bridgehead atoms. The smallest absolute Gasteiger partial charge is 0.416 e. The van der Waals surface area contributed by atoms with Crippen molar-refractivity contribution in [3.8, 4) is 11.3 Å². The van der Waals surface area contributed by atoms with E-state index in [9.17, 15) is 22.8 Å². The van der Waals surface area contributed by atoms with Crippen molar-refractivity contribution in [1.82, 2.24) is 10.2 Å². The van der Waals surface area contributed by atoms with Gasteiger partial charge in [-0.1, -0.05) is 12.1 Å². The molecular formula is C18H13F3N2O4S. The maximum atomic E-state index is 12.9. The zero-order valence-corrected chi connectivity index (χ0v) is 15.2.